The third-order valence-corrected chi connectivity index (χ3v) is 10.5. The maximum Gasteiger partial charge on any atom is 0.422 e. The van der Waals surface area contributed by atoms with Gasteiger partial charge in [-0.2, -0.15) is 18.2 Å². The largest absolute Gasteiger partial charge is 0.458 e. The standard InChI is InChI=1S/C34H40F3N3O11/c1-17(42)24(29(44)38-12-13-41)39-31(46)32-14-22-25-26(50-34(49-25,20-7-8-20)21-9-10-21)28(32)51-40(27(32)30(45)48-22)15-19-4-2-18(3-5-19)6-11-23(43)47-16-33(35,36)37/h2-6,11,17,20-22,24-28,41-42H,7-10,12-16H2,1H3,(H,38,44)(H,39,46)/t17-,22+,24+,25-,26-,27-,28+,32-/m0/s1. The fraction of sp³-hybridized carbons (Fsp3) is 0.647. The molecule has 0 spiro atoms. The van der Waals surface area contributed by atoms with Crippen molar-refractivity contribution in [1.29, 1.82) is 0 Å². The molecule has 1 aromatic rings. The third kappa shape index (κ3) is 6.75. The number of carbonyl (C=O) groups is 4. The van der Waals surface area contributed by atoms with E-state index < -0.39 is 90.3 Å². The van der Waals surface area contributed by atoms with Gasteiger partial charge in [-0.05, 0) is 49.8 Å². The van der Waals surface area contributed by atoms with Crippen molar-refractivity contribution in [2.24, 2.45) is 17.3 Å². The van der Waals surface area contributed by atoms with Gasteiger partial charge in [0.15, 0.2) is 18.4 Å². The van der Waals surface area contributed by atoms with Gasteiger partial charge in [0.25, 0.3) is 0 Å². The molecule has 14 nitrogen and oxygen atoms in total. The van der Waals surface area contributed by atoms with Crippen LogP contribution in [0, 0.1) is 17.3 Å². The minimum absolute atomic E-state index is 0.00526. The molecule has 6 fully saturated rings. The molecule has 3 aliphatic heterocycles. The second-order valence-corrected chi connectivity index (χ2v) is 14.2. The van der Waals surface area contributed by atoms with Gasteiger partial charge in [0.2, 0.25) is 11.8 Å². The van der Waals surface area contributed by atoms with Gasteiger partial charge in [-0.1, -0.05) is 24.3 Å². The zero-order valence-electron chi connectivity index (χ0n) is 27.7. The molecule has 2 amide bonds. The van der Waals surface area contributed by atoms with Crippen molar-refractivity contribution in [1.82, 2.24) is 15.7 Å². The van der Waals surface area contributed by atoms with E-state index in [0.29, 0.717) is 11.1 Å². The molecule has 17 heteroatoms. The molecule has 0 radical (unpaired) electrons. The molecule has 1 aromatic carbocycles. The molecule has 0 aromatic heterocycles. The molecule has 8 atom stereocenters. The van der Waals surface area contributed by atoms with E-state index in [1.165, 1.54) is 18.1 Å². The predicted octanol–water partition coefficient (Wildman–Crippen LogP) is 0.880. The highest BCUT2D eigenvalue weighted by atomic mass is 19.4. The molecule has 51 heavy (non-hydrogen) atoms. The number of nitrogens with zero attached hydrogens (tertiary/aromatic N) is 1. The second-order valence-electron chi connectivity index (χ2n) is 14.2. The maximum atomic E-state index is 14.6. The van der Waals surface area contributed by atoms with E-state index in [1.54, 1.807) is 24.3 Å². The summed E-state index contributed by atoms with van der Waals surface area (Å²) in [4.78, 5) is 59.7. The Balaban J connectivity index is 1.16. The highest BCUT2D eigenvalue weighted by molar-refractivity contribution is 5.96. The van der Waals surface area contributed by atoms with Gasteiger partial charge in [0.05, 0.1) is 19.3 Å². The number of hydroxylamine groups is 2. The number of halogens is 3. The van der Waals surface area contributed by atoms with Crippen molar-refractivity contribution < 1.29 is 66.3 Å². The van der Waals surface area contributed by atoms with Crippen LogP contribution in [0.3, 0.4) is 0 Å². The quantitative estimate of drug-likeness (QED) is 0.167. The van der Waals surface area contributed by atoms with Gasteiger partial charge < -0.3 is 39.8 Å². The molecular weight excluding hydrogens is 683 g/mol. The molecule has 6 aliphatic rings. The van der Waals surface area contributed by atoms with Crippen molar-refractivity contribution in [2.45, 2.75) is 100 Å². The van der Waals surface area contributed by atoms with E-state index in [9.17, 15) is 42.6 Å². The minimum Gasteiger partial charge on any atom is -0.458 e. The zero-order chi connectivity index (χ0) is 36.3. The number of alkyl halides is 3. The molecular formula is C34H40F3N3O11. The molecule has 2 bridgehead atoms. The minimum atomic E-state index is -4.64. The summed E-state index contributed by atoms with van der Waals surface area (Å²) in [5, 5.41) is 26.2. The summed E-state index contributed by atoms with van der Waals surface area (Å²) in [6, 6.07) is 3.83. The predicted molar refractivity (Wildman–Crippen MR) is 165 cm³/mol. The highest BCUT2D eigenvalue weighted by Crippen LogP contribution is 2.63. The number of esters is 2. The Hall–Kier alpha value is -3.61. The Kier molecular flexibility index (Phi) is 9.41. The number of nitrogens with one attached hydrogen (secondary N) is 2. The molecule has 278 valence electrons. The summed E-state index contributed by atoms with van der Waals surface area (Å²) >= 11 is 0. The summed E-state index contributed by atoms with van der Waals surface area (Å²) in [6.45, 7) is -0.834. The average Bonchev–Trinajstić information content (AvgIpc) is 4.03. The highest BCUT2D eigenvalue weighted by Gasteiger charge is 2.78. The van der Waals surface area contributed by atoms with E-state index in [2.05, 4.69) is 15.4 Å². The first-order valence-corrected chi connectivity index (χ1v) is 17.1. The van der Waals surface area contributed by atoms with Gasteiger partial charge in [0, 0.05) is 30.9 Å². The summed E-state index contributed by atoms with van der Waals surface area (Å²) in [5.74, 6) is -3.86. The lowest BCUT2D eigenvalue weighted by atomic mass is 9.62. The number of ether oxygens (including phenoxy) is 4. The normalized spacial score (nSPS) is 32.2. The fourth-order valence-electron chi connectivity index (χ4n) is 7.92. The smallest absolute Gasteiger partial charge is 0.422 e. The fourth-order valence-corrected chi connectivity index (χ4v) is 7.92. The van der Waals surface area contributed by atoms with Crippen LogP contribution in [0.2, 0.25) is 0 Å². The molecule has 4 N–H and O–H groups in total. The summed E-state index contributed by atoms with van der Waals surface area (Å²) in [6.07, 6.45) is -3.48. The SMILES string of the molecule is C[C@H](O)[C@@H](NC(=O)[C@@]12C[C@H]3OC(=O)[C@@H]1N(Cc1ccc(C=CC(=O)OCC(F)(F)F)cc1)O[C@@H]2[C@H]1OC(C2CC2)(C2CC2)O[C@H]13)C(=O)NCCO. The van der Waals surface area contributed by atoms with Gasteiger partial charge in [-0.3, -0.25) is 19.2 Å². The van der Waals surface area contributed by atoms with Crippen LogP contribution in [-0.2, 0) is 49.5 Å². The lowest BCUT2D eigenvalue weighted by Crippen LogP contribution is -2.71. The van der Waals surface area contributed by atoms with Crippen LogP contribution in [0.25, 0.3) is 6.08 Å². The van der Waals surface area contributed by atoms with Crippen LogP contribution in [0.15, 0.2) is 30.3 Å². The van der Waals surface area contributed by atoms with Gasteiger partial charge in [-0.15, -0.1) is 0 Å². The number of carbonyl (C=O) groups excluding carboxylic acids is 4. The van der Waals surface area contributed by atoms with Crippen molar-refractivity contribution >= 4 is 29.8 Å². The van der Waals surface area contributed by atoms with Crippen molar-refractivity contribution in [3.8, 4) is 0 Å². The zero-order valence-corrected chi connectivity index (χ0v) is 27.7. The third-order valence-electron chi connectivity index (χ3n) is 10.5. The van der Waals surface area contributed by atoms with Gasteiger partial charge in [0.1, 0.15) is 35.9 Å². The lowest BCUT2D eigenvalue weighted by Gasteiger charge is -2.49. The summed E-state index contributed by atoms with van der Waals surface area (Å²) < 4.78 is 60.7. The Labute approximate surface area is 290 Å². The monoisotopic (exact) mass is 723 g/mol. The van der Waals surface area contributed by atoms with Crippen molar-refractivity contribution in [2.75, 3.05) is 19.8 Å². The number of aliphatic hydroxyl groups is 2. The first kappa shape index (κ1) is 35.8. The molecule has 3 aliphatic carbocycles. The van der Waals surface area contributed by atoms with Crippen LogP contribution in [0.1, 0.15) is 50.2 Å². The Bertz CT molecular complexity index is 1550. The Morgan fingerprint density at radius 2 is 1.76 bits per heavy atom. The lowest BCUT2D eigenvalue weighted by molar-refractivity contribution is -0.235. The summed E-state index contributed by atoms with van der Waals surface area (Å²) in [5.41, 5.74) is -0.516. The van der Waals surface area contributed by atoms with E-state index in [0.717, 1.165) is 31.8 Å². The topological polar surface area (TPSA) is 182 Å². The molecule has 7 rings (SSSR count). The average molecular weight is 724 g/mol. The Morgan fingerprint density at radius 1 is 1.10 bits per heavy atom. The maximum absolute atomic E-state index is 14.6. The molecule has 3 saturated heterocycles. The molecule has 0 unspecified atom stereocenters. The van der Waals surface area contributed by atoms with Gasteiger partial charge >= 0.3 is 18.1 Å². The van der Waals surface area contributed by atoms with Crippen LogP contribution in [0.5, 0.6) is 0 Å². The number of benzene rings is 1. The van der Waals surface area contributed by atoms with Crippen LogP contribution >= 0.6 is 0 Å². The first-order chi connectivity index (χ1) is 24.3. The van der Waals surface area contributed by atoms with E-state index in [4.69, 9.17) is 19.0 Å². The van der Waals surface area contributed by atoms with Crippen LogP contribution < -0.4 is 10.6 Å². The van der Waals surface area contributed by atoms with E-state index in [-0.39, 0.29) is 38.0 Å². The second kappa shape index (κ2) is 13.4. The van der Waals surface area contributed by atoms with Crippen molar-refractivity contribution in [3.05, 3.63) is 41.5 Å². The van der Waals surface area contributed by atoms with E-state index >= 15 is 0 Å². The van der Waals surface area contributed by atoms with Crippen LogP contribution in [-0.4, -0.2) is 113 Å². The number of rotatable bonds is 13. The van der Waals surface area contributed by atoms with Crippen molar-refractivity contribution in [3.63, 3.8) is 0 Å². The number of fused-ring (bicyclic) bond motifs is 4. The molecule has 3 saturated carbocycles. The van der Waals surface area contributed by atoms with Gasteiger partial charge in [-0.25, -0.2) is 4.79 Å². The number of amides is 2. The first-order valence-electron chi connectivity index (χ1n) is 17.1. The molecule has 3 heterocycles. The summed E-state index contributed by atoms with van der Waals surface area (Å²) in [7, 11) is 0. The number of hydrogen-bond acceptors (Lipinski definition) is 12. The Morgan fingerprint density at radius 3 is 2.37 bits per heavy atom. The van der Waals surface area contributed by atoms with E-state index in [1.807, 2.05) is 0 Å². The number of hydrogen-bond donors (Lipinski definition) is 4. The van der Waals surface area contributed by atoms with Crippen LogP contribution in [0.4, 0.5) is 13.2 Å². The number of aliphatic hydroxyl groups excluding tert-OH is 2.